The Morgan fingerprint density at radius 1 is 1.12 bits per heavy atom. The van der Waals surface area contributed by atoms with Gasteiger partial charge in [0, 0.05) is 18.9 Å². The second-order valence-corrected chi connectivity index (χ2v) is 4.93. The van der Waals surface area contributed by atoms with E-state index in [9.17, 15) is 0 Å². The van der Waals surface area contributed by atoms with Gasteiger partial charge in [0.2, 0.25) is 0 Å². The van der Waals surface area contributed by atoms with Gasteiger partial charge in [-0.05, 0) is 30.8 Å². The molecule has 0 bridgehead atoms. The van der Waals surface area contributed by atoms with Crippen molar-refractivity contribution in [1.29, 1.82) is 0 Å². The van der Waals surface area contributed by atoms with E-state index >= 15 is 0 Å². The zero-order valence-electron chi connectivity index (χ0n) is 9.35. The van der Waals surface area contributed by atoms with E-state index in [0.717, 1.165) is 16.6 Å². The van der Waals surface area contributed by atoms with Gasteiger partial charge < -0.3 is 5.32 Å². The van der Waals surface area contributed by atoms with E-state index in [1.54, 1.807) is 6.20 Å². The molecule has 0 aliphatic rings. The van der Waals surface area contributed by atoms with Crippen LogP contribution in [-0.2, 0) is 6.54 Å². The van der Waals surface area contributed by atoms with Crippen LogP contribution in [0.5, 0.6) is 0 Å². The van der Waals surface area contributed by atoms with Crippen molar-refractivity contribution >= 4 is 23.4 Å². The average molecular weight is 266 g/mol. The van der Waals surface area contributed by atoms with Crippen molar-refractivity contribution in [2.24, 2.45) is 0 Å². The normalized spacial score (nSPS) is 10.5. The van der Waals surface area contributed by atoms with Gasteiger partial charge in [-0.15, -0.1) is 0 Å². The van der Waals surface area contributed by atoms with Crippen LogP contribution < -0.4 is 5.32 Å². The molecule has 0 aliphatic carbocycles. The Bertz CT molecular complexity index is 470. The Morgan fingerprint density at radius 3 is 2.35 bits per heavy atom. The van der Waals surface area contributed by atoms with Gasteiger partial charge in [0.05, 0.1) is 5.02 Å². The minimum Gasteiger partial charge on any atom is -0.316 e. The summed E-state index contributed by atoms with van der Waals surface area (Å²) in [5.41, 5.74) is 1.17. The van der Waals surface area contributed by atoms with E-state index in [1.807, 2.05) is 31.4 Å². The zero-order chi connectivity index (χ0) is 12.1. The second-order valence-electron chi connectivity index (χ2n) is 3.45. The Morgan fingerprint density at radius 2 is 1.82 bits per heavy atom. The molecule has 0 unspecified atom stereocenters. The van der Waals surface area contributed by atoms with Crippen LogP contribution in [0.3, 0.4) is 0 Å². The van der Waals surface area contributed by atoms with Gasteiger partial charge >= 0.3 is 0 Å². The van der Waals surface area contributed by atoms with Crippen LogP contribution in [0.15, 0.2) is 46.7 Å². The summed E-state index contributed by atoms with van der Waals surface area (Å²) >= 11 is 7.30. The van der Waals surface area contributed by atoms with Crippen molar-refractivity contribution in [2.75, 3.05) is 7.05 Å². The summed E-state index contributed by atoms with van der Waals surface area (Å²) in [6.45, 7) is 0.830. The molecule has 0 saturated carbocycles. The maximum atomic E-state index is 5.78. The molecule has 0 amide bonds. The van der Waals surface area contributed by atoms with Crippen molar-refractivity contribution in [3.8, 4) is 0 Å². The van der Waals surface area contributed by atoms with E-state index in [1.165, 1.54) is 17.3 Å². The first-order chi connectivity index (χ1) is 8.28. The lowest BCUT2D eigenvalue weighted by atomic mass is 10.3. The Hall–Kier alpha value is -1.10. The largest absolute Gasteiger partial charge is 0.316 e. The smallest absolute Gasteiger partial charge is 0.102 e. The molecule has 5 heteroatoms. The van der Waals surface area contributed by atoms with Crippen LogP contribution in [0, 0.1) is 0 Å². The van der Waals surface area contributed by atoms with Crippen LogP contribution in [0.25, 0.3) is 0 Å². The highest BCUT2D eigenvalue weighted by Gasteiger charge is 2.00. The minimum absolute atomic E-state index is 0.645. The van der Waals surface area contributed by atoms with Gasteiger partial charge in [0.25, 0.3) is 0 Å². The van der Waals surface area contributed by atoms with Crippen LogP contribution in [0.4, 0.5) is 0 Å². The van der Waals surface area contributed by atoms with E-state index in [4.69, 9.17) is 11.6 Å². The van der Waals surface area contributed by atoms with Crippen LogP contribution >= 0.6 is 23.4 Å². The number of halogens is 1. The monoisotopic (exact) mass is 265 g/mol. The highest BCUT2D eigenvalue weighted by Crippen LogP contribution is 2.24. The Labute approximate surface area is 110 Å². The quantitative estimate of drug-likeness (QED) is 0.922. The first-order valence-electron chi connectivity index (χ1n) is 5.17. The van der Waals surface area contributed by atoms with E-state index in [0.29, 0.717) is 5.02 Å². The predicted molar refractivity (Wildman–Crippen MR) is 70.4 cm³/mol. The summed E-state index contributed by atoms with van der Waals surface area (Å²) in [7, 11) is 1.92. The van der Waals surface area contributed by atoms with Gasteiger partial charge in [0.1, 0.15) is 10.1 Å². The van der Waals surface area contributed by atoms with E-state index < -0.39 is 0 Å². The van der Waals surface area contributed by atoms with Crippen molar-refractivity contribution in [3.63, 3.8) is 0 Å². The van der Waals surface area contributed by atoms with Crippen molar-refractivity contribution in [3.05, 3.63) is 47.2 Å². The van der Waals surface area contributed by atoms with E-state index in [2.05, 4.69) is 21.4 Å². The lowest BCUT2D eigenvalue weighted by molar-refractivity contribution is 0.809. The van der Waals surface area contributed by atoms with Gasteiger partial charge in [-0.2, -0.15) is 0 Å². The van der Waals surface area contributed by atoms with Crippen molar-refractivity contribution < 1.29 is 0 Å². The molecule has 2 aromatic heterocycles. The molecule has 17 heavy (non-hydrogen) atoms. The number of nitrogens with one attached hydrogen (secondary N) is 1. The molecule has 1 N–H and O–H groups in total. The third-order valence-electron chi connectivity index (χ3n) is 2.09. The highest BCUT2D eigenvalue weighted by molar-refractivity contribution is 7.99. The number of hydrogen-bond acceptors (Lipinski definition) is 4. The molecule has 2 rings (SSSR count). The number of aromatic nitrogens is 2. The molecule has 0 atom stereocenters. The molecular weight excluding hydrogens is 254 g/mol. The van der Waals surface area contributed by atoms with Crippen molar-refractivity contribution in [1.82, 2.24) is 15.3 Å². The van der Waals surface area contributed by atoms with Gasteiger partial charge in [-0.25, -0.2) is 9.97 Å². The van der Waals surface area contributed by atoms with Crippen LogP contribution in [0.2, 0.25) is 5.02 Å². The fourth-order valence-electron chi connectivity index (χ4n) is 1.31. The van der Waals surface area contributed by atoms with Gasteiger partial charge in [-0.3, -0.25) is 0 Å². The summed E-state index contributed by atoms with van der Waals surface area (Å²) in [6.07, 6.45) is 3.51. The number of pyridine rings is 2. The first kappa shape index (κ1) is 12.4. The van der Waals surface area contributed by atoms with Crippen molar-refractivity contribution in [2.45, 2.75) is 16.6 Å². The summed E-state index contributed by atoms with van der Waals surface area (Å²) < 4.78 is 0. The SMILES string of the molecule is CNCc1ccc(Sc2ccc(Cl)cn2)nc1. The lowest BCUT2D eigenvalue weighted by Gasteiger charge is -2.02. The number of nitrogens with zero attached hydrogens (tertiary/aromatic N) is 2. The molecule has 0 saturated heterocycles. The molecule has 0 radical (unpaired) electrons. The topological polar surface area (TPSA) is 37.8 Å². The fraction of sp³-hybridized carbons (Fsp3) is 0.167. The fourth-order valence-corrected chi connectivity index (χ4v) is 2.12. The van der Waals surface area contributed by atoms with Crippen LogP contribution in [-0.4, -0.2) is 17.0 Å². The minimum atomic E-state index is 0.645. The van der Waals surface area contributed by atoms with E-state index in [-0.39, 0.29) is 0 Å². The summed E-state index contributed by atoms with van der Waals surface area (Å²) in [5, 5.41) is 5.55. The molecule has 0 fully saturated rings. The number of rotatable bonds is 4. The molecule has 2 heterocycles. The maximum absolute atomic E-state index is 5.78. The third-order valence-corrected chi connectivity index (χ3v) is 3.21. The molecule has 0 aromatic carbocycles. The summed E-state index contributed by atoms with van der Waals surface area (Å²) in [4.78, 5) is 8.58. The van der Waals surface area contributed by atoms with Gasteiger partial charge in [0.15, 0.2) is 0 Å². The lowest BCUT2D eigenvalue weighted by Crippen LogP contribution is -2.05. The summed E-state index contributed by atoms with van der Waals surface area (Å²) in [6, 6.07) is 7.76. The number of hydrogen-bond donors (Lipinski definition) is 1. The molecule has 3 nitrogen and oxygen atoms in total. The maximum Gasteiger partial charge on any atom is 0.102 e. The molecular formula is C12H12ClN3S. The van der Waals surface area contributed by atoms with Crippen LogP contribution in [0.1, 0.15) is 5.56 Å². The summed E-state index contributed by atoms with van der Waals surface area (Å²) in [5.74, 6) is 0. The molecule has 2 aromatic rings. The first-order valence-corrected chi connectivity index (χ1v) is 6.36. The zero-order valence-corrected chi connectivity index (χ0v) is 10.9. The Kier molecular flexibility index (Phi) is 4.36. The average Bonchev–Trinajstić information content (AvgIpc) is 2.35. The Balaban J connectivity index is 2.05. The third kappa shape index (κ3) is 3.70. The molecule has 0 aliphatic heterocycles. The molecule has 0 spiro atoms. The molecule has 88 valence electrons. The highest BCUT2D eigenvalue weighted by atomic mass is 35.5. The standard InChI is InChI=1S/C12H12ClN3S/c1-14-6-9-2-4-11(15-7-9)17-12-5-3-10(13)8-16-12/h2-5,7-8,14H,6H2,1H3. The predicted octanol–water partition coefficient (Wildman–Crippen LogP) is 3.00. The second kappa shape index (κ2) is 6.00. The van der Waals surface area contributed by atoms with Gasteiger partial charge in [-0.1, -0.05) is 29.4 Å².